The maximum absolute atomic E-state index is 13.3. The number of halogens is 1. The van der Waals surface area contributed by atoms with Crippen LogP contribution in [0.1, 0.15) is 27.7 Å². The summed E-state index contributed by atoms with van der Waals surface area (Å²) in [6.07, 6.45) is 5.68. The van der Waals surface area contributed by atoms with E-state index < -0.39 is 11.6 Å². The van der Waals surface area contributed by atoms with E-state index in [1.54, 1.807) is 13.0 Å². The van der Waals surface area contributed by atoms with Gasteiger partial charge in [-0.25, -0.2) is 9.18 Å². The van der Waals surface area contributed by atoms with Gasteiger partial charge < -0.3 is 4.74 Å². The third kappa shape index (κ3) is 3.60. The Morgan fingerprint density at radius 3 is 2.50 bits per heavy atom. The van der Waals surface area contributed by atoms with Gasteiger partial charge in [0.15, 0.2) is 20.1 Å². The number of hydrogen-bond donors (Lipinski definition) is 0. The quantitative estimate of drug-likeness (QED) is 0.210. The van der Waals surface area contributed by atoms with Crippen LogP contribution >= 0.6 is 10.5 Å². The molecule has 4 rings (SSSR count). The second-order valence-corrected chi connectivity index (χ2v) is 9.37. The fourth-order valence-corrected chi connectivity index (χ4v) is 5.74. The summed E-state index contributed by atoms with van der Waals surface area (Å²) in [4.78, 5) is 15.3. The van der Waals surface area contributed by atoms with Crippen LogP contribution in [0.4, 0.5) is 4.39 Å². The first-order valence-corrected chi connectivity index (χ1v) is 10.7. The highest BCUT2D eigenvalue weighted by molar-refractivity contribution is 7.45. The molecule has 0 aliphatic rings. The zero-order valence-electron chi connectivity index (χ0n) is 16.7. The first-order chi connectivity index (χ1) is 14.4. The van der Waals surface area contributed by atoms with E-state index in [1.807, 2.05) is 30.3 Å². The van der Waals surface area contributed by atoms with Crippen molar-refractivity contribution >= 4 is 26.5 Å². The average molecular weight is 416 g/mol. The Bertz CT molecular complexity index is 1280. The van der Waals surface area contributed by atoms with Gasteiger partial charge in [-0.2, -0.15) is 0 Å². The van der Waals surface area contributed by atoms with Crippen LogP contribution in [0.2, 0.25) is 0 Å². The van der Waals surface area contributed by atoms with Crippen molar-refractivity contribution in [1.29, 1.82) is 0 Å². The van der Waals surface area contributed by atoms with E-state index >= 15 is 0 Å². The topological polar surface area (TPSA) is 26.3 Å². The zero-order valence-corrected chi connectivity index (χ0v) is 17.5. The third-order valence-corrected chi connectivity index (χ3v) is 7.39. The van der Waals surface area contributed by atoms with E-state index in [0.717, 1.165) is 4.90 Å². The summed E-state index contributed by atoms with van der Waals surface area (Å²) in [5.41, 5.74) is -0.319. The smallest absolute Gasteiger partial charge is 0.340 e. The summed E-state index contributed by atoms with van der Waals surface area (Å²) in [7, 11) is -0.229. The molecule has 0 fully saturated rings. The largest absolute Gasteiger partial charge is 0.438 e. The molecular weight excluding hydrogens is 395 g/mol. The van der Waals surface area contributed by atoms with Crippen molar-refractivity contribution in [3.8, 4) is 17.2 Å². The number of hydrogen-bond acceptors (Lipinski definition) is 2. The van der Waals surface area contributed by atoms with Crippen molar-refractivity contribution in [3.05, 3.63) is 101 Å². The molecule has 0 aliphatic carbocycles. The summed E-state index contributed by atoms with van der Waals surface area (Å²) in [6.45, 7) is 3.74. The highest BCUT2D eigenvalue weighted by atomic mass is 32.2. The summed E-state index contributed by atoms with van der Waals surface area (Å²) in [5, 5.41) is 1.21. The molecule has 2 unspecified atom stereocenters. The number of carbonyl (C=O) groups excluding carboxylic acids is 1. The Hall–Kier alpha value is -3.42. The summed E-state index contributed by atoms with van der Waals surface area (Å²) in [6, 6.07) is 23.6. The maximum atomic E-state index is 13.3. The monoisotopic (exact) mass is 415 g/mol. The molecule has 0 spiro atoms. The van der Waals surface area contributed by atoms with Crippen LogP contribution in [0.5, 0.6) is 0 Å². The number of ether oxygens (including phenoxy) is 1. The first-order valence-electron chi connectivity index (χ1n) is 9.50. The predicted molar refractivity (Wildman–Crippen MR) is 121 cm³/mol. The van der Waals surface area contributed by atoms with Crippen molar-refractivity contribution in [2.24, 2.45) is 0 Å². The van der Waals surface area contributed by atoms with Gasteiger partial charge in [-0.15, -0.1) is 6.42 Å². The van der Waals surface area contributed by atoms with Crippen LogP contribution in [0.3, 0.4) is 0 Å². The predicted octanol–water partition coefficient (Wildman–Crippen LogP) is 6.73. The lowest BCUT2D eigenvalue weighted by atomic mass is 9.96. The van der Waals surface area contributed by atoms with Crippen LogP contribution in [0.25, 0.3) is 15.0 Å². The zero-order chi connectivity index (χ0) is 21.3. The van der Waals surface area contributed by atoms with Crippen molar-refractivity contribution in [1.82, 2.24) is 0 Å². The van der Waals surface area contributed by atoms with Crippen molar-refractivity contribution < 1.29 is 13.9 Å². The van der Waals surface area contributed by atoms with Gasteiger partial charge in [-0.1, -0.05) is 36.3 Å². The Morgan fingerprint density at radius 1 is 1.03 bits per heavy atom. The number of carbonyl (C=O) groups is 1. The molecule has 0 saturated heterocycles. The number of fused-ring (bicyclic) bond motifs is 1. The molecule has 2 atom stereocenters. The van der Waals surface area contributed by atoms with Gasteiger partial charge in [0.1, 0.15) is 5.82 Å². The normalized spacial score (nSPS) is 13.5. The molecule has 0 aliphatic heterocycles. The highest BCUT2D eigenvalue weighted by Gasteiger charge is 2.30. The molecule has 4 aromatic rings. The van der Waals surface area contributed by atoms with Gasteiger partial charge in [0, 0.05) is 40.5 Å². The van der Waals surface area contributed by atoms with Gasteiger partial charge in [0.05, 0.1) is 5.56 Å². The lowest BCUT2D eigenvalue weighted by Crippen LogP contribution is -2.27. The molecule has 4 heteroatoms. The number of benzene rings is 3. The van der Waals surface area contributed by atoms with Crippen molar-refractivity contribution in [2.45, 2.75) is 19.4 Å². The number of terminal acetylenes is 1. The summed E-state index contributed by atoms with van der Waals surface area (Å²) < 4.78 is 20.2. The number of thiophene rings is 1. The molecule has 0 bridgehead atoms. The molecule has 0 radical (unpaired) electrons. The summed E-state index contributed by atoms with van der Waals surface area (Å²) >= 11 is 0. The van der Waals surface area contributed by atoms with Gasteiger partial charge in [0.25, 0.3) is 0 Å². The molecule has 0 amide bonds. The first kappa shape index (κ1) is 19.9. The second-order valence-electron chi connectivity index (χ2n) is 7.20. The third-order valence-electron chi connectivity index (χ3n) is 5.09. The molecule has 3 aromatic carbocycles. The Balaban J connectivity index is 1.68. The molecule has 1 aromatic heterocycles. The fraction of sp³-hybridized carbons (Fsp3) is 0.115. The lowest BCUT2D eigenvalue weighted by molar-refractivity contribution is 0.0129. The second kappa shape index (κ2) is 7.78. The molecule has 0 saturated carbocycles. The minimum absolute atomic E-state index is 0.229. The fourth-order valence-electron chi connectivity index (χ4n) is 3.48. The Kier molecular flexibility index (Phi) is 5.15. The lowest BCUT2D eigenvalue weighted by Gasteiger charge is -2.24. The van der Waals surface area contributed by atoms with Crippen LogP contribution in [0, 0.1) is 25.1 Å². The SMILES string of the molecule is C#CC(C)(OC(=O)c1cccc(-[s+]2c(C)cc3ccccc32)c1)c1ccc(F)cc1. The van der Waals surface area contributed by atoms with Crippen molar-refractivity contribution in [3.63, 3.8) is 0 Å². The molecule has 148 valence electrons. The number of esters is 1. The molecule has 1 heterocycles. The standard InChI is InChI=1S/C26H20FO2S/c1-4-26(3,21-12-14-22(27)15-13-21)29-25(28)20-9-7-10-23(17-20)30-18(2)16-19-8-5-6-11-24(19)30/h1,5-17H,2-3H3/q+1. The Labute approximate surface area is 177 Å². The van der Waals surface area contributed by atoms with Gasteiger partial charge >= 0.3 is 5.97 Å². The van der Waals surface area contributed by atoms with Gasteiger partial charge in [-0.05, 0) is 43.3 Å². The van der Waals surface area contributed by atoms with E-state index in [9.17, 15) is 9.18 Å². The van der Waals surface area contributed by atoms with E-state index in [2.05, 4.69) is 31.0 Å². The van der Waals surface area contributed by atoms with E-state index in [-0.39, 0.29) is 16.3 Å². The number of rotatable bonds is 4. The minimum atomic E-state index is -1.29. The summed E-state index contributed by atoms with van der Waals surface area (Å²) in [5.74, 6) is 1.64. The van der Waals surface area contributed by atoms with Crippen molar-refractivity contribution in [2.75, 3.05) is 0 Å². The van der Waals surface area contributed by atoms with Crippen LogP contribution in [-0.2, 0) is 10.3 Å². The van der Waals surface area contributed by atoms with Crippen LogP contribution in [0.15, 0.2) is 78.9 Å². The molecule has 2 nitrogen and oxygen atoms in total. The van der Waals surface area contributed by atoms with E-state index in [1.165, 1.54) is 39.2 Å². The molecule has 0 N–H and O–H groups in total. The highest BCUT2D eigenvalue weighted by Crippen LogP contribution is 2.43. The van der Waals surface area contributed by atoms with Gasteiger partial charge in [-0.3, -0.25) is 0 Å². The van der Waals surface area contributed by atoms with Crippen LogP contribution in [-0.4, -0.2) is 5.97 Å². The minimum Gasteiger partial charge on any atom is -0.438 e. The maximum Gasteiger partial charge on any atom is 0.340 e. The molecular formula is C26H20FO2S+. The molecule has 30 heavy (non-hydrogen) atoms. The van der Waals surface area contributed by atoms with E-state index in [0.29, 0.717) is 11.1 Å². The average Bonchev–Trinajstić information content (AvgIpc) is 3.09. The van der Waals surface area contributed by atoms with E-state index in [4.69, 9.17) is 11.2 Å². The Morgan fingerprint density at radius 2 is 1.77 bits per heavy atom. The van der Waals surface area contributed by atoms with Crippen LogP contribution < -0.4 is 0 Å². The number of aryl methyl sites for hydroxylation is 1. The van der Waals surface area contributed by atoms with Gasteiger partial charge in [0.2, 0.25) is 0 Å².